The molecule has 1 fully saturated rings. The molecule has 1 aliphatic heterocycles. The van der Waals surface area contributed by atoms with Crippen LogP contribution in [-0.4, -0.2) is 18.1 Å². The Hall–Kier alpha value is -0.670. The fraction of sp³-hybridized carbons (Fsp3) is 0.500. The number of rotatable bonds is 3. The van der Waals surface area contributed by atoms with Crippen molar-refractivity contribution in [2.75, 3.05) is 12.9 Å². The molecule has 0 radical (unpaired) electrons. The van der Waals surface area contributed by atoms with Crippen molar-refractivity contribution in [2.45, 2.75) is 24.1 Å². The standard InChI is InChI=1S/C12H17NOS/c1-14-10-6-3-2-5-9(10)12(13)11-7-4-8-15-11/h2-3,5-6,11-12H,4,7-8,13H2,1H3. The highest BCUT2D eigenvalue weighted by molar-refractivity contribution is 8.00. The Morgan fingerprint density at radius 2 is 2.27 bits per heavy atom. The van der Waals surface area contributed by atoms with Gasteiger partial charge >= 0.3 is 0 Å². The van der Waals surface area contributed by atoms with Crippen LogP contribution in [0.4, 0.5) is 0 Å². The third kappa shape index (κ3) is 2.29. The SMILES string of the molecule is COc1ccccc1C(N)C1CCCS1. The van der Waals surface area contributed by atoms with Gasteiger partial charge in [0, 0.05) is 16.9 Å². The molecule has 1 aromatic carbocycles. The molecule has 0 saturated carbocycles. The lowest BCUT2D eigenvalue weighted by atomic mass is 10.0. The highest BCUT2D eigenvalue weighted by atomic mass is 32.2. The second kappa shape index (κ2) is 4.90. The minimum absolute atomic E-state index is 0.105. The van der Waals surface area contributed by atoms with Crippen LogP contribution in [0.1, 0.15) is 24.4 Å². The van der Waals surface area contributed by atoms with E-state index in [0.29, 0.717) is 5.25 Å². The topological polar surface area (TPSA) is 35.2 Å². The summed E-state index contributed by atoms with van der Waals surface area (Å²) >= 11 is 1.98. The summed E-state index contributed by atoms with van der Waals surface area (Å²) in [5.74, 6) is 2.16. The third-order valence-electron chi connectivity index (χ3n) is 2.86. The molecular formula is C12H17NOS. The summed E-state index contributed by atoms with van der Waals surface area (Å²) in [6.07, 6.45) is 2.52. The van der Waals surface area contributed by atoms with E-state index in [4.69, 9.17) is 10.5 Å². The van der Waals surface area contributed by atoms with Crippen LogP contribution in [0.25, 0.3) is 0 Å². The molecule has 2 atom stereocenters. The average molecular weight is 223 g/mol. The molecule has 2 N–H and O–H groups in total. The summed E-state index contributed by atoms with van der Waals surface area (Å²) in [6.45, 7) is 0. The summed E-state index contributed by atoms with van der Waals surface area (Å²) < 4.78 is 5.34. The van der Waals surface area contributed by atoms with E-state index < -0.39 is 0 Å². The highest BCUT2D eigenvalue weighted by Gasteiger charge is 2.25. The number of nitrogens with two attached hydrogens (primary N) is 1. The maximum absolute atomic E-state index is 6.28. The number of para-hydroxylation sites is 1. The zero-order valence-corrected chi connectivity index (χ0v) is 9.80. The maximum atomic E-state index is 6.28. The first-order valence-electron chi connectivity index (χ1n) is 5.33. The molecule has 0 aromatic heterocycles. The van der Waals surface area contributed by atoms with Crippen molar-refractivity contribution in [3.05, 3.63) is 29.8 Å². The van der Waals surface area contributed by atoms with E-state index in [2.05, 4.69) is 6.07 Å². The van der Waals surface area contributed by atoms with Crippen molar-refractivity contribution in [2.24, 2.45) is 5.73 Å². The van der Waals surface area contributed by atoms with Crippen LogP contribution in [0.5, 0.6) is 5.75 Å². The van der Waals surface area contributed by atoms with Crippen LogP contribution in [0.2, 0.25) is 0 Å². The van der Waals surface area contributed by atoms with Gasteiger partial charge in [0.2, 0.25) is 0 Å². The zero-order valence-electron chi connectivity index (χ0n) is 8.98. The molecule has 2 unspecified atom stereocenters. The number of methoxy groups -OCH3 is 1. The predicted molar refractivity (Wildman–Crippen MR) is 65.4 cm³/mol. The first-order valence-corrected chi connectivity index (χ1v) is 6.38. The fourth-order valence-electron chi connectivity index (χ4n) is 2.03. The number of thioether (sulfide) groups is 1. The van der Waals surface area contributed by atoms with E-state index in [1.165, 1.54) is 18.6 Å². The van der Waals surface area contributed by atoms with Gasteiger partial charge in [0.15, 0.2) is 0 Å². The molecule has 2 rings (SSSR count). The first kappa shape index (κ1) is 10.8. The van der Waals surface area contributed by atoms with Crippen molar-refractivity contribution in [1.29, 1.82) is 0 Å². The number of hydrogen-bond acceptors (Lipinski definition) is 3. The minimum Gasteiger partial charge on any atom is -0.496 e. The van der Waals surface area contributed by atoms with E-state index in [0.717, 1.165) is 11.3 Å². The van der Waals surface area contributed by atoms with E-state index in [1.54, 1.807) is 7.11 Å². The van der Waals surface area contributed by atoms with Crippen LogP contribution in [0.15, 0.2) is 24.3 Å². The molecule has 1 saturated heterocycles. The van der Waals surface area contributed by atoms with Gasteiger partial charge in [-0.05, 0) is 24.7 Å². The molecule has 0 bridgehead atoms. The summed E-state index contributed by atoms with van der Waals surface area (Å²) in [4.78, 5) is 0. The lowest BCUT2D eigenvalue weighted by Gasteiger charge is -2.20. The molecule has 1 aliphatic rings. The van der Waals surface area contributed by atoms with Gasteiger partial charge < -0.3 is 10.5 Å². The Balaban J connectivity index is 2.19. The average Bonchev–Trinajstić information content (AvgIpc) is 2.81. The van der Waals surface area contributed by atoms with E-state index in [-0.39, 0.29) is 6.04 Å². The largest absolute Gasteiger partial charge is 0.496 e. The summed E-state index contributed by atoms with van der Waals surface area (Å²) in [7, 11) is 1.70. The highest BCUT2D eigenvalue weighted by Crippen LogP contribution is 2.37. The number of hydrogen-bond donors (Lipinski definition) is 1. The Morgan fingerprint density at radius 1 is 1.47 bits per heavy atom. The summed E-state index contributed by atoms with van der Waals surface area (Å²) in [6, 6.07) is 8.17. The number of benzene rings is 1. The molecule has 1 heterocycles. The first-order chi connectivity index (χ1) is 7.33. The van der Waals surface area contributed by atoms with Gasteiger partial charge in [-0.25, -0.2) is 0 Å². The smallest absolute Gasteiger partial charge is 0.123 e. The Morgan fingerprint density at radius 3 is 2.93 bits per heavy atom. The van der Waals surface area contributed by atoms with Gasteiger partial charge in [0.25, 0.3) is 0 Å². The van der Waals surface area contributed by atoms with Gasteiger partial charge in [0.05, 0.1) is 7.11 Å². The van der Waals surface area contributed by atoms with Crippen LogP contribution in [0.3, 0.4) is 0 Å². The quantitative estimate of drug-likeness (QED) is 0.855. The lowest BCUT2D eigenvalue weighted by molar-refractivity contribution is 0.404. The van der Waals surface area contributed by atoms with Crippen LogP contribution < -0.4 is 10.5 Å². The van der Waals surface area contributed by atoms with E-state index in [9.17, 15) is 0 Å². The predicted octanol–water partition coefficient (Wildman–Crippen LogP) is 2.59. The van der Waals surface area contributed by atoms with Crippen LogP contribution in [-0.2, 0) is 0 Å². The fourth-order valence-corrected chi connectivity index (χ4v) is 3.35. The van der Waals surface area contributed by atoms with E-state index in [1.807, 2.05) is 30.0 Å². The molecule has 0 spiro atoms. The van der Waals surface area contributed by atoms with Gasteiger partial charge in [0.1, 0.15) is 5.75 Å². The Labute approximate surface area is 95.2 Å². The summed E-state index contributed by atoms with van der Waals surface area (Å²) in [5.41, 5.74) is 7.41. The van der Waals surface area contributed by atoms with Crippen molar-refractivity contribution in [3.63, 3.8) is 0 Å². The normalized spacial score (nSPS) is 22.7. The molecule has 82 valence electrons. The molecule has 0 aliphatic carbocycles. The minimum atomic E-state index is 0.105. The zero-order chi connectivity index (χ0) is 10.7. The Bertz CT molecular complexity index is 323. The van der Waals surface area contributed by atoms with Crippen molar-refractivity contribution >= 4 is 11.8 Å². The van der Waals surface area contributed by atoms with E-state index >= 15 is 0 Å². The number of ether oxygens (including phenoxy) is 1. The van der Waals surface area contributed by atoms with Gasteiger partial charge in [-0.1, -0.05) is 18.2 Å². The van der Waals surface area contributed by atoms with Crippen molar-refractivity contribution in [3.8, 4) is 5.75 Å². The van der Waals surface area contributed by atoms with Crippen molar-refractivity contribution in [1.82, 2.24) is 0 Å². The molecule has 15 heavy (non-hydrogen) atoms. The van der Waals surface area contributed by atoms with Gasteiger partial charge in [-0.2, -0.15) is 11.8 Å². The molecular weight excluding hydrogens is 206 g/mol. The molecule has 0 amide bonds. The second-order valence-corrected chi connectivity index (χ2v) is 5.17. The maximum Gasteiger partial charge on any atom is 0.123 e. The Kier molecular flexibility index (Phi) is 3.54. The molecule has 1 aromatic rings. The molecule has 2 nitrogen and oxygen atoms in total. The van der Waals surface area contributed by atoms with Crippen LogP contribution >= 0.6 is 11.8 Å². The third-order valence-corrected chi connectivity index (χ3v) is 4.34. The second-order valence-electron chi connectivity index (χ2n) is 3.82. The monoisotopic (exact) mass is 223 g/mol. The van der Waals surface area contributed by atoms with Crippen molar-refractivity contribution < 1.29 is 4.74 Å². The molecule has 3 heteroatoms. The van der Waals surface area contributed by atoms with Crippen LogP contribution in [0, 0.1) is 0 Å². The summed E-state index contributed by atoms with van der Waals surface area (Å²) in [5, 5.41) is 0.557. The van der Waals surface area contributed by atoms with Gasteiger partial charge in [-0.15, -0.1) is 0 Å². The lowest BCUT2D eigenvalue weighted by Crippen LogP contribution is -2.22. The van der Waals surface area contributed by atoms with Gasteiger partial charge in [-0.3, -0.25) is 0 Å².